The highest BCUT2D eigenvalue weighted by atomic mass is 32.2. The number of hydrogen-bond acceptors (Lipinski definition) is 4. The Labute approximate surface area is 156 Å². The molecule has 0 saturated carbocycles. The summed E-state index contributed by atoms with van der Waals surface area (Å²) in [7, 11) is -4.03. The van der Waals surface area contributed by atoms with Crippen molar-refractivity contribution in [2.45, 2.75) is 30.6 Å². The van der Waals surface area contributed by atoms with Crippen LogP contribution in [0.2, 0.25) is 0 Å². The second kappa shape index (κ2) is 6.38. The fourth-order valence-electron chi connectivity index (χ4n) is 3.72. The Bertz CT molecular complexity index is 1060. The molecule has 0 atom stereocenters. The Morgan fingerprint density at radius 1 is 1.11 bits per heavy atom. The minimum Gasteiger partial charge on any atom is -0.478 e. The lowest BCUT2D eigenvalue weighted by molar-refractivity contribution is -0.115. The third-order valence-corrected chi connectivity index (χ3v) is 6.86. The number of carbonyl (C=O) groups excluding carboxylic acids is 1. The van der Waals surface area contributed by atoms with Crippen molar-refractivity contribution in [3.63, 3.8) is 0 Å². The standard InChI is InChI=1S/C19H18N2O5S/c22-18-8-9-21(16-7-2-1-6-15(16)20-18)27(25,26)17-11-13(19(23)24)10-12-4-3-5-14(12)17/h1-2,6-7,10-11H,3-5,8-9H2,(H,20,22)(H,23,24). The van der Waals surface area contributed by atoms with E-state index in [0.29, 0.717) is 29.8 Å². The summed E-state index contributed by atoms with van der Waals surface area (Å²) in [5.41, 5.74) is 2.23. The summed E-state index contributed by atoms with van der Waals surface area (Å²) in [4.78, 5) is 23.5. The van der Waals surface area contributed by atoms with Crippen molar-refractivity contribution in [1.82, 2.24) is 0 Å². The van der Waals surface area contributed by atoms with Crippen LogP contribution in [0.3, 0.4) is 0 Å². The minimum atomic E-state index is -4.03. The van der Waals surface area contributed by atoms with Gasteiger partial charge in [0.15, 0.2) is 0 Å². The average Bonchev–Trinajstić information content (AvgIpc) is 3.03. The van der Waals surface area contributed by atoms with Crippen molar-refractivity contribution >= 4 is 33.3 Å². The van der Waals surface area contributed by atoms with E-state index in [1.54, 1.807) is 30.3 Å². The van der Waals surface area contributed by atoms with Gasteiger partial charge in [-0.2, -0.15) is 0 Å². The average molecular weight is 386 g/mol. The van der Waals surface area contributed by atoms with E-state index < -0.39 is 16.0 Å². The van der Waals surface area contributed by atoms with Gasteiger partial charge in [0.2, 0.25) is 5.91 Å². The Kier molecular flexibility index (Phi) is 4.15. The molecule has 2 N–H and O–H groups in total. The number of sulfonamides is 1. The van der Waals surface area contributed by atoms with E-state index in [9.17, 15) is 23.1 Å². The molecule has 1 amide bonds. The molecule has 4 rings (SSSR count). The molecule has 8 heteroatoms. The number of aromatic carboxylic acids is 1. The zero-order valence-electron chi connectivity index (χ0n) is 14.4. The SMILES string of the molecule is O=C1CCN(S(=O)(=O)c2cc(C(=O)O)cc3c2CCC3)c2ccccc2N1. The smallest absolute Gasteiger partial charge is 0.335 e. The highest BCUT2D eigenvalue weighted by molar-refractivity contribution is 7.93. The van der Waals surface area contributed by atoms with E-state index in [2.05, 4.69) is 5.32 Å². The van der Waals surface area contributed by atoms with Crippen LogP contribution in [0.5, 0.6) is 0 Å². The quantitative estimate of drug-likeness (QED) is 0.843. The zero-order chi connectivity index (χ0) is 19.2. The third kappa shape index (κ3) is 2.95. The van der Waals surface area contributed by atoms with Gasteiger partial charge in [-0.15, -0.1) is 0 Å². The summed E-state index contributed by atoms with van der Waals surface area (Å²) in [6.45, 7) is -0.00273. The van der Waals surface area contributed by atoms with Crippen LogP contribution < -0.4 is 9.62 Å². The van der Waals surface area contributed by atoms with Gasteiger partial charge in [-0.1, -0.05) is 12.1 Å². The second-order valence-corrected chi connectivity index (χ2v) is 8.49. The van der Waals surface area contributed by atoms with E-state index in [1.807, 2.05) is 0 Å². The van der Waals surface area contributed by atoms with Gasteiger partial charge in [-0.05, 0) is 54.7 Å². The summed E-state index contributed by atoms with van der Waals surface area (Å²) < 4.78 is 28.3. The molecular weight excluding hydrogens is 368 g/mol. The number of fused-ring (bicyclic) bond motifs is 2. The molecule has 7 nitrogen and oxygen atoms in total. The maximum Gasteiger partial charge on any atom is 0.335 e. The molecule has 2 aliphatic rings. The minimum absolute atomic E-state index is 0.00273. The molecule has 0 fully saturated rings. The topological polar surface area (TPSA) is 104 Å². The lowest BCUT2D eigenvalue weighted by Gasteiger charge is -2.25. The van der Waals surface area contributed by atoms with Gasteiger partial charge in [0.25, 0.3) is 10.0 Å². The molecule has 1 heterocycles. The highest BCUT2D eigenvalue weighted by Gasteiger charge is 2.34. The summed E-state index contributed by atoms with van der Waals surface area (Å²) in [6.07, 6.45) is 2.07. The zero-order valence-corrected chi connectivity index (χ0v) is 15.3. The van der Waals surface area contributed by atoms with Gasteiger partial charge in [0.05, 0.1) is 21.8 Å². The van der Waals surface area contributed by atoms with Gasteiger partial charge in [0, 0.05) is 13.0 Å². The van der Waals surface area contributed by atoms with Crippen LogP contribution in [0.25, 0.3) is 0 Å². The number of rotatable bonds is 3. The first-order valence-electron chi connectivity index (χ1n) is 8.68. The Hall–Kier alpha value is -2.87. The summed E-state index contributed by atoms with van der Waals surface area (Å²) >= 11 is 0. The summed E-state index contributed by atoms with van der Waals surface area (Å²) in [5, 5.41) is 12.1. The first-order chi connectivity index (χ1) is 12.9. The van der Waals surface area contributed by atoms with E-state index >= 15 is 0 Å². The Morgan fingerprint density at radius 3 is 2.67 bits per heavy atom. The number of nitrogens with zero attached hydrogens (tertiary/aromatic N) is 1. The molecule has 0 unspecified atom stereocenters. The summed E-state index contributed by atoms with van der Waals surface area (Å²) in [6, 6.07) is 9.52. The number of carboxylic acids is 1. The number of anilines is 2. The lowest BCUT2D eigenvalue weighted by atomic mass is 10.1. The molecule has 0 radical (unpaired) electrons. The van der Waals surface area contributed by atoms with Crippen LogP contribution in [0, 0.1) is 0 Å². The van der Waals surface area contributed by atoms with Gasteiger partial charge in [0.1, 0.15) is 0 Å². The van der Waals surface area contributed by atoms with Crippen molar-refractivity contribution < 1.29 is 23.1 Å². The fourth-order valence-corrected chi connectivity index (χ4v) is 5.53. The molecule has 27 heavy (non-hydrogen) atoms. The number of benzene rings is 2. The number of carboxylic acid groups (broad SMARTS) is 1. The number of para-hydroxylation sites is 2. The van der Waals surface area contributed by atoms with Gasteiger partial charge >= 0.3 is 5.97 Å². The number of carbonyl (C=O) groups is 2. The Morgan fingerprint density at radius 2 is 1.89 bits per heavy atom. The van der Waals surface area contributed by atoms with Crippen molar-refractivity contribution in [3.8, 4) is 0 Å². The number of amides is 1. The molecule has 1 aliphatic heterocycles. The van der Waals surface area contributed by atoms with Crippen molar-refractivity contribution in [1.29, 1.82) is 0 Å². The van der Waals surface area contributed by atoms with Gasteiger partial charge < -0.3 is 10.4 Å². The van der Waals surface area contributed by atoms with E-state index in [4.69, 9.17) is 0 Å². The molecule has 0 spiro atoms. The predicted molar refractivity (Wildman–Crippen MR) is 99.6 cm³/mol. The molecule has 1 aliphatic carbocycles. The molecule has 2 aromatic rings. The molecule has 0 bridgehead atoms. The number of hydrogen-bond donors (Lipinski definition) is 2. The monoisotopic (exact) mass is 386 g/mol. The van der Waals surface area contributed by atoms with Crippen LogP contribution in [0.15, 0.2) is 41.3 Å². The molecule has 2 aromatic carbocycles. The maximum absolute atomic E-state index is 13.5. The lowest BCUT2D eigenvalue weighted by Crippen LogP contribution is -2.33. The van der Waals surface area contributed by atoms with E-state index in [1.165, 1.54) is 10.4 Å². The largest absolute Gasteiger partial charge is 0.478 e. The van der Waals surface area contributed by atoms with Gasteiger partial charge in [-0.25, -0.2) is 13.2 Å². The normalized spacial score (nSPS) is 16.3. The van der Waals surface area contributed by atoms with Crippen molar-refractivity contribution in [2.24, 2.45) is 0 Å². The first kappa shape index (κ1) is 17.5. The maximum atomic E-state index is 13.5. The van der Waals surface area contributed by atoms with Crippen LogP contribution in [0.4, 0.5) is 11.4 Å². The van der Waals surface area contributed by atoms with Crippen LogP contribution in [-0.4, -0.2) is 31.9 Å². The van der Waals surface area contributed by atoms with Crippen molar-refractivity contribution in [3.05, 3.63) is 53.1 Å². The molecule has 140 valence electrons. The van der Waals surface area contributed by atoms with Crippen LogP contribution in [0.1, 0.15) is 34.3 Å². The van der Waals surface area contributed by atoms with E-state index in [0.717, 1.165) is 12.0 Å². The molecule has 0 saturated heterocycles. The molecule has 0 aromatic heterocycles. The third-order valence-electron chi connectivity index (χ3n) is 4.98. The second-order valence-electron chi connectivity index (χ2n) is 6.66. The summed E-state index contributed by atoms with van der Waals surface area (Å²) in [5.74, 6) is -1.42. The number of nitrogens with one attached hydrogen (secondary N) is 1. The van der Waals surface area contributed by atoms with Crippen LogP contribution >= 0.6 is 0 Å². The van der Waals surface area contributed by atoms with Gasteiger partial charge in [-0.3, -0.25) is 9.10 Å². The first-order valence-corrected chi connectivity index (χ1v) is 10.1. The Balaban J connectivity index is 1.90. The van der Waals surface area contributed by atoms with Crippen LogP contribution in [-0.2, 0) is 27.7 Å². The highest BCUT2D eigenvalue weighted by Crippen LogP contribution is 2.37. The molecular formula is C19H18N2O5S. The van der Waals surface area contributed by atoms with Crippen molar-refractivity contribution in [2.75, 3.05) is 16.2 Å². The van der Waals surface area contributed by atoms with E-state index in [-0.39, 0.29) is 29.3 Å². The fraction of sp³-hybridized carbons (Fsp3) is 0.263. The number of aryl methyl sites for hydroxylation is 1. The predicted octanol–water partition coefficient (Wildman–Crippen LogP) is 2.41.